The van der Waals surface area contributed by atoms with E-state index in [0.29, 0.717) is 23.7 Å². The zero-order valence-corrected chi connectivity index (χ0v) is 13.1. The average molecular weight is 330 g/mol. The number of hydrogen-bond acceptors (Lipinski definition) is 4. The number of carbonyl (C=O) groups is 1. The highest BCUT2D eigenvalue weighted by atomic mass is 35.5. The number of benzene rings is 1. The Balaban J connectivity index is 0.00000220. The molecule has 5 nitrogen and oxygen atoms in total. The maximum Gasteiger partial charge on any atom is 0.273 e. The predicted octanol–water partition coefficient (Wildman–Crippen LogP) is 2.88. The largest absolute Gasteiger partial charge is 0.355 e. The highest BCUT2D eigenvalue weighted by Gasteiger charge is 2.13. The van der Waals surface area contributed by atoms with Crippen LogP contribution in [0.25, 0.3) is 11.3 Å². The Kier molecular flexibility index (Phi) is 6.68. The molecular formula is C14H17Cl2N3O2. The molecule has 0 saturated heterocycles. The third-order valence-electron chi connectivity index (χ3n) is 2.74. The van der Waals surface area contributed by atoms with Crippen LogP contribution in [0, 0.1) is 0 Å². The van der Waals surface area contributed by atoms with Gasteiger partial charge < -0.3 is 15.6 Å². The van der Waals surface area contributed by atoms with Crippen molar-refractivity contribution in [1.29, 1.82) is 0 Å². The molecular weight excluding hydrogens is 313 g/mol. The van der Waals surface area contributed by atoms with Gasteiger partial charge in [0, 0.05) is 29.2 Å². The Morgan fingerprint density at radius 2 is 2.24 bits per heavy atom. The van der Waals surface area contributed by atoms with Gasteiger partial charge in [0.05, 0.1) is 0 Å². The van der Waals surface area contributed by atoms with Gasteiger partial charge in [0.25, 0.3) is 5.91 Å². The van der Waals surface area contributed by atoms with Crippen molar-refractivity contribution in [3.63, 3.8) is 0 Å². The van der Waals surface area contributed by atoms with Crippen molar-refractivity contribution in [3.8, 4) is 11.3 Å². The summed E-state index contributed by atoms with van der Waals surface area (Å²) in [5, 5.41) is 7.10. The summed E-state index contributed by atoms with van der Waals surface area (Å²) >= 11 is 5.91. The van der Waals surface area contributed by atoms with Gasteiger partial charge in [-0.2, -0.15) is 0 Å². The molecule has 1 aromatic carbocycles. The molecule has 0 aliphatic heterocycles. The SMILES string of the molecule is CC(N)CCNC(=O)c1cc(-c2cccc(Cl)c2)on1.Cl. The first-order chi connectivity index (χ1) is 9.56. The molecule has 114 valence electrons. The molecule has 0 bridgehead atoms. The molecule has 21 heavy (non-hydrogen) atoms. The van der Waals surface area contributed by atoms with Gasteiger partial charge in [-0.3, -0.25) is 4.79 Å². The smallest absolute Gasteiger partial charge is 0.273 e. The fourth-order valence-electron chi connectivity index (χ4n) is 1.66. The molecule has 0 fully saturated rings. The summed E-state index contributed by atoms with van der Waals surface area (Å²) < 4.78 is 5.16. The monoisotopic (exact) mass is 329 g/mol. The summed E-state index contributed by atoms with van der Waals surface area (Å²) in [6, 6.07) is 8.80. The van der Waals surface area contributed by atoms with Gasteiger partial charge >= 0.3 is 0 Å². The summed E-state index contributed by atoms with van der Waals surface area (Å²) in [7, 11) is 0. The zero-order valence-electron chi connectivity index (χ0n) is 11.5. The Morgan fingerprint density at radius 1 is 1.48 bits per heavy atom. The minimum atomic E-state index is -0.275. The lowest BCUT2D eigenvalue weighted by molar-refractivity contribution is 0.0944. The molecule has 0 aliphatic carbocycles. The first-order valence-electron chi connectivity index (χ1n) is 6.32. The summed E-state index contributed by atoms with van der Waals surface area (Å²) in [5.41, 5.74) is 6.63. The van der Waals surface area contributed by atoms with Gasteiger partial charge in [-0.05, 0) is 25.5 Å². The Bertz CT molecular complexity index is 599. The second-order valence-corrected chi connectivity index (χ2v) is 5.05. The molecule has 2 aromatic rings. The molecule has 3 N–H and O–H groups in total. The lowest BCUT2D eigenvalue weighted by Crippen LogP contribution is -2.29. The van der Waals surface area contributed by atoms with Crippen molar-refractivity contribution in [3.05, 3.63) is 41.0 Å². The number of halogens is 2. The van der Waals surface area contributed by atoms with Crippen LogP contribution in [-0.2, 0) is 0 Å². The van der Waals surface area contributed by atoms with E-state index >= 15 is 0 Å². The molecule has 1 aromatic heterocycles. The molecule has 2 rings (SSSR count). The van der Waals surface area contributed by atoms with E-state index in [1.807, 2.05) is 19.1 Å². The molecule has 1 heterocycles. The van der Waals surface area contributed by atoms with Gasteiger partial charge in [-0.1, -0.05) is 28.9 Å². The van der Waals surface area contributed by atoms with Crippen molar-refractivity contribution in [2.75, 3.05) is 6.54 Å². The van der Waals surface area contributed by atoms with Crippen LogP contribution in [-0.4, -0.2) is 23.7 Å². The van der Waals surface area contributed by atoms with Crippen molar-refractivity contribution in [2.24, 2.45) is 5.73 Å². The second kappa shape index (κ2) is 8.02. The third kappa shape index (κ3) is 5.04. The zero-order chi connectivity index (χ0) is 14.5. The number of amides is 1. The first-order valence-corrected chi connectivity index (χ1v) is 6.70. The van der Waals surface area contributed by atoms with E-state index in [1.54, 1.807) is 18.2 Å². The number of aromatic nitrogens is 1. The average Bonchev–Trinajstić information content (AvgIpc) is 2.87. The van der Waals surface area contributed by atoms with Crippen molar-refractivity contribution in [2.45, 2.75) is 19.4 Å². The van der Waals surface area contributed by atoms with Crippen LogP contribution in [0.5, 0.6) is 0 Å². The molecule has 0 aliphatic rings. The van der Waals surface area contributed by atoms with Crippen LogP contribution in [0.4, 0.5) is 0 Å². The highest BCUT2D eigenvalue weighted by molar-refractivity contribution is 6.30. The fourth-order valence-corrected chi connectivity index (χ4v) is 1.85. The Labute approximate surface area is 134 Å². The predicted molar refractivity (Wildman–Crippen MR) is 84.8 cm³/mol. The number of nitrogens with two attached hydrogens (primary N) is 1. The fraction of sp³-hybridized carbons (Fsp3) is 0.286. The minimum absolute atomic E-state index is 0. The topological polar surface area (TPSA) is 81.1 Å². The summed E-state index contributed by atoms with van der Waals surface area (Å²) in [4.78, 5) is 11.8. The quantitative estimate of drug-likeness (QED) is 0.883. The third-order valence-corrected chi connectivity index (χ3v) is 2.97. The molecule has 1 unspecified atom stereocenters. The van der Waals surface area contributed by atoms with Crippen molar-refractivity contribution < 1.29 is 9.32 Å². The maximum atomic E-state index is 11.8. The van der Waals surface area contributed by atoms with Crippen molar-refractivity contribution >= 4 is 29.9 Å². The van der Waals surface area contributed by atoms with Gasteiger partial charge in [-0.25, -0.2) is 0 Å². The molecule has 0 spiro atoms. The van der Waals surface area contributed by atoms with E-state index in [0.717, 1.165) is 5.56 Å². The summed E-state index contributed by atoms with van der Waals surface area (Å²) in [5.74, 6) is 0.229. The van der Waals surface area contributed by atoms with E-state index in [-0.39, 0.29) is 30.0 Å². The van der Waals surface area contributed by atoms with E-state index in [2.05, 4.69) is 10.5 Å². The molecule has 7 heteroatoms. The minimum Gasteiger partial charge on any atom is -0.355 e. The molecule has 0 saturated carbocycles. The lowest BCUT2D eigenvalue weighted by atomic mass is 10.1. The van der Waals surface area contributed by atoms with Crippen LogP contribution in [0.15, 0.2) is 34.9 Å². The number of carbonyl (C=O) groups excluding carboxylic acids is 1. The van der Waals surface area contributed by atoms with Crippen LogP contribution in [0.1, 0.15) is 23.8 Å². The van der Waals surface area contributed by atoms with Gasteiger partial charge in [0.15, 0.2) is 11.5 Å². The Hall–Kier alpha value is -1.56. The lowest BCUT2D eigenvalue weighted by Gasteiger charge is -2.04. The first kappa shape index (κ1) is 17.5. The second-order valence-electron chi connectivity index (χ2n) is 4.61. The highest BCUT2D eigenvalue weighted by Crippen LogP contribution is 2.23. The Morgan fingerprint density at radius 3 is 2.90 bits per heavy atom. The number of hydrogen-bond donors (Lipinski definition) is 2. The molecule has 0 radical (unpaired) electrons. The van der Waals surface area contributed by atoms with Gasteiger partial charge in [0.2, 0.25) is 0 Å². The van der Waals surface area contributed by atoms with Crippen LogP contribution in [0.2, 0.25) is 5.02 Å². The van der Waals surface area contributed by atoms with Gasteiger partial charge in [0.1, 0.15) is 0 Å². The van der Waals surface area contributed by atoms with Crippen LogP contribution >= 0.6 is 24.0 Å². The van der Waals surface area contributed by atoms with E-state index in [4.69, 9.17) is 21.9 Å². The number of nitrogens with zero attached hydrogens (tertiary/aromatic N) is 1. The maximum absolute atomic E-state index is 11.8. The van der Waals surface area contributed by atoms with E-state index in [9.17, 15) is 4.79 Å². The molecule has 1 amide bonds. The standard InChI is InChI=1S/C14H16ClN3O2.ClH/c1-9(16)5-6-17-14(19)12-8-13(20-18-12)10-3-2-4-11(15)7-10;/h2-4,7-9H,5-6,16H2,1H3,(H,17,19);1H. The van der Waals surface area contributed by atoms with E-state index in [1.165, 1.54) is 0 Å². The van der Waals surface area contributed by atoms with Crippen LogP contribution in [0.3, 0.4) is 0 Å². The van der Waals surface area contributed by atoms with Crippen LogP contribution < -0.4 is 11.1 Å². The molecule has 1 atom stereocenters. The summed E-state index contributed by atoms with van der Waals surface area (Å²) in [6.07, 6.45) is 0.713. The van der Waals surface area contributed by atoms with E-state index < -0.39 is 0 Å². The number of nitrogens with one attached hydrogen (secondary N) is 1. The van der Waals surface area contributed by atoms with Gasteiger partial charge in [-0.15, -0.1) is 12.4 Å². The normalized spacial score (nSPS) is 11.6. The summed E-state index contributed by atoms with van der Waals surface area (Å²) in [6.45, 7) is 2.40. The van der Waals surface area contributed by atoms with Crippen molar-refractivity contribution in [1.82, 2.24) is 10.5 Å². The number of rotatable bonds is 5.